The van der Waals surface area contributed by atoms with Gasteiger partial charge in [-0.1, -0.05) is 84.9 Å². The summed E-state index contributed by atoms with van der Waals surface area (Å²) < 4.78 is 38.6. The summed E-state index contributed by atoms with van der Waals surface area (Å²) in [7, 11) is -3.80. The fraction of sp³-hybridized carbons (Fsp3) is 0.259. The molecule has 3 aromatic carbocycles. The van der Waals surface area contributed by atoms with E-state index in [1.165, 1.54) is 0 Å². The Morgan fingerprint density at radius 3 is 1.94 bits per heavy atom. The number of sulfone groups is 1. The van der Waals surface area contributed by atoms with Gasteiger partial charge < -0.3 is 14.6 Å². The van der Waals surface area contributed by atoms with Gasteiger partial charge in [0.25, 0.3) is 0 Å². The van der Waals surface area contributed by atoms with Gasteiger partial charge in [-0.15, -0.1) is 0 Å². The number of hydrogen-bond acceptors (Lipinski definition) is 5. The fourth-order valence-electron chi connectivity index (χ4n) is 3.95. The van der Waals surface area contributed by atoms with Crippen LogP contribution >= 0.6 is 0 Å². The molecule has 0 saturated carbocycles. The topological polar surface area (TPSA) is 72.8 Å². The highest BCUT2D eigenvalue weighted by Gasteiger charge is 2.40. The maximum atomic E-state index is 13.4. The predicted octanol–water partition coefficient (Wildman–Crippen LogP) is 4.53. The Balaban J connectivity index is 1.53. The van der Waals surface area contributed by atoms with Crippen LogP contribution in [0, 0.1) is 5.92 Å². The number of hydrogen-bond donors (Lipinski definition) is 1. The van der Waals surface area contributed by atoms with Crippen molar-refractivity contribution in [3.8, 4) is 0 Å². The normalized spacial score (nSPS) is 20.9. The molecule has 3 aromatic rings. The molecule has 0 heterocycles. The van der Waals surface area contributed by atoms with Crippen LogP contribution in [0.15, 0.2) is 107 Å². The lowest BCUT2D eigenvalue weighted by Crippen LogP contribution is -2.43. The summed E-state index contributed by atoms with van der Waals surface area (Å²) >= 11 is 0. The quantitative estimate of drug-likeness (QED) is 0.504. The number of aliphatic hydroxyl groups excluding tert-OH is 1. The molecule has 0 saturated heterocycles. The van der Waals surface area contributed by atoms with Gasteiger partial charge in [0.1, 0.15) is 6.10 Å². The van der Waals surface area contributed by atoms with E-state index in [0.717, 1.165) is 11.1 Å². The lowest BCUT2D eigenvalue weighted by molar-refractivity contribution is -0.0712. The second kappa shape index (κ2) is 10.9. The number of aliphatic hydroxyl groups is 1. The number of ether oxygens (including phenoxy) is 2. The van der Waals surface area contributed by atoms with Crippen molar-refractivity contribution in [1.82, 2.24) is 0 Å². The van der Waals surface area contributed by atoms with Crippen molar-refractivity contribution in [3.05, 3.63) is 113 Å². The van der Waals surface area contributed by atoms with Gasteiger partial charge in [-0.3, -0.25) is 0 Å². The van der Waals surface area contributed by atoms with E-state index in [4.69, 9.17) is 9.47 Å². The van der Waals surface area contributed by atoms with Crippen LogP contribution in [0.1, 0.15) is 17.5 Å². The summed E-state index contributed by atoms with van der Waals surface area (Å²) in [6, 6.07) is 27.6. The Morgan fingerprint density at radius 1 is 0.788 bits per heavy atom. The van der Waals surface area contributed by atoms with Gasteiger partial charge >= 0.3 is 0 Å². The maximum absolute atomic E-state index is 13.4. The van der Waals surface area contributed by atoms with Gasteiger partial charge in [0.15, 0.2) is 0 Å². The first kappa shape index (κ1) is 23.4. The Labute approximate surface area is 195 Å². The molecule has 1 aliphatic carbocycles. The Kier molecular flexibility index (Phi) is 7.73. The van der Waals surface area contributed by atoms with Crippen molar-refractivity contribution < 1.29 is 23.0 Å². The zero-order chi connectivity index (χ0) is 23.1. The largest absolute Gasteiger partial charge is 0.390 e. The molecule has 1 aliphatic rings. The molecule has 0 aromatic heterocycles. The zero-order valence-electron chi connectivity index (χ0n) is 18.3. The van der Waals surface area contributed by atoms with Crippen LogP contribution in [0.25, 0.3) is 0 Å². The van der Waals surface area contributed by atoms with Crippen molar-refractivity contribution in [2.24, 2.45) is 5.92 Å². The third kappa shape index (κ3) is 5.78. The molecule has 0 bridgehead atoms. The second-order valence-corrected chi connectivity index (χ2v) is 10.1. The molecule has 0 spiro atoms. The Bertz CT molecular complexity index is 1140. The highest BCUT2D eigenvalue weighted by atomic mass is 32.2. The third-order valence-electron chi connectivity index (χ3n) is 5.78. The van der Waals surface area contributed by atoms with Crippen molar-refractivity contribution in [1.29, 1.82) is 0 Å². The van der Waals surface area contributed by atoms with Gasteiger partial charge in [-0.25, -0.2) is 8.42 Å². The van der Waals surface area contributed by atoms with Crippen molar-refractivity contribution >= 4 is 9.84 Å². The first-order valence-corrected chi connectivity index (χ1v) is 12.5. The molecule has 0 radical (unpaired) electrons. The van der Waals surface area contributed by atoms with Crippen LogP contribution in [-0.4, -0.2) is 32.3 Å². The maximum Gasteiger partial charge on any atom is 0.205 e. The van der Waals surface area contributed by atoms with Crippen LogP contribution < -0.4 is 0 Å². The Hall–Kier alpha value is -2.77. The first-order valence-electron chi connectivity index (χ1n) is 11.0. The van der Waals surface area contributed by atoms with Crippen molar-refractivity contribution in [2.75, 3.05) is 6.61 Å². The molecule has 4 rings (SSSR count). The van der Waals surface area contributed by atoms with E-state index in [-0.39, 0.29) is 22.3 Å². The number of rotatable bonds is 9. The number of benzene rings is 3. The number of allylic oxidation sites excluding steroid dienone is 1. The zero-order valence-corrected chi connectivity index (χ0v) is 19.1. The second-order valence-electron chi connectivity index (χ2n) is 8.13. The van der Waals surface area contributed by atoms with Gasteiger partial charge in [-0.05, 0) is 29.7 Å². The standard InChI is InChI=1S/C27H28O5S/c28-26-23(20-31-18-21-10-4-1-5-11-21)16-17-25(33(29,30)24-14-8-3-9-15-24)27(26)32-19-22-12-6-2-7-13-22/h1-15,17,23,26-28H,16,18-20H2/t23-,26-,27-/m0/s1. The summed E-state index contributed by atoms with van der Waals surface area (Å²) in [5.74, 6) is -0.274. The summed E-state index contributed by atoms with van der Waals surface area (Å²) in [6.07, 6.45) is 0.0848. The molecule has 0 aliphatic heterocycles. The molecule has 1 N–H and O–H groups in total. The van der Waals surface area contributed by atoms with Gasteiger partial charge in [-0.2, -0.15) is 0 Å². The van der Waals surface area contributed by atoms with Crippen LogP contribution in [0.3, 0.4) is 0 Å². The van der Waals surface area contributed by atoms with Gasteiger partial charge in [0.2, 0.25) is 9.84 Å². The van der Waals surface area contributed by atoms with E-state index in [1.54, 1.807) is 36.4 Å². The van der Waals surface area contributed by atoms with E-state index in [2.05, 4.69) is 0 Å². The first-order chi connectivity index (χ1) is 16.1. The van der Waals surface area contributed by atoms with Crippen molar-refractivity contribution in [2.45, 2.75) is 36.7 Å². The third-order valence-corrected chi connectivity index (χ3v) is 7.69. The van der Waals surface area contributed by atoms with Crippen LogP contribution in [0.4, 0.5) is 0 Å². The fourth-order valence-corrected chi connectivity index (χ4v) is 5.56. The van der Waals surface area contributed by atoms with Gasteiger partial charge in [0.05, 0.1) is 35.7 Å². The lowest BCUT2D eigenvalue weighted by atomic mass is 9.89. The van der Waals surface area contributed by atoms with E-state index in [9.17, 15) is 13.5 Å². The SMILES string of the molecule is O=S(=O)(C1=CC[C@@H](COCc2ccccc2)[C@H](O)[C@H]1OCc1ccccc1)c1ccccc1. The van der Waals surface area contributed by atoms with Crippen molar-refractivity contribution in [3.63, 3.8) is 0 Å². The van der Waals surface area contributed by atoms with E-state index in [1.807, 2.05) is 60.7 Å². The molecule has 0 amide bonds. The minimum Gasteiger partial charge on any atom is -0.390 e. The van der Waals surface area contributed by atoms with Crippen LogP contribution in [-0.2, 0) is 32.5 Å². The highest BCUT2D eigenvalue weighted by Crippen LogP contribution is 2.34. The minimum absolute atomic E-state index is 0.108. The molecule has 6 heteroatoms. The summed E-state index contributed by atoms with van der Waals surface area (Å²) in [5, 5.41) is 11.2. The molecular weight excluding hydrogens is 436 g/mol. The summed E-state index contributed by atoms with van der Waals surface area (Å²) in [4.78, 5) is 0.298. The average Bonchev–Trinajstić information content (AvgIpc) is 2.86. The Morgan fingerprint density at radius 2 is 1.33 bits per heavy atom. The average molecular weight is 465 g/mol. The molecule has 5 nitrogen and oxygen atoms in total. The molecule has 33 heavy (non-hydrogen) atoms. The minimum atomic E-state index is -3.80. The van der Waals surface area contributed by atoms with Crippen LogP contribution in [0.2, 0.25) is 0 Å². The van der Waals surface area contributed by atoms with Gasteiger partial charge in [0, 0.05) is 5.92 Å². The highest BCUT2D eigenvalue weighted by molar-refractivity contribution is 7.95. The molecule has 172 valence electrons. The van der Waals surface area contributed by atoms with Crippen LogP contribution in [0.5, 0.6) is 0 Å². The van der Waals surface area contributed by atoms with E-state index >= 15 is 0 Å². The molecule has 3 atom stereocenters. The summed E-state index contributed by atoms with van der Waals surface area (Å²) in [5.41, 5.74) is 1.95. The smallest absolute Gasteiger partial charge is 0.205 e. The lowest BCUT2D eigenvalue weighted by Gasteiger charge is -2.34. The predicted molar refractivity (Wildman–Crippen MR) is 127 cm³/mol. The van der Waals surface area contributed by atoms with E-state index in [0.29, 0.717) is 19.6 Å². The monoisotopic (exact) mass is 464 g/mol. The molecule has 0 unspecified atom stereocenters. The molecule has 0 fully saturated rings. The van der Waals surface area contributed by atoms with E-state index < -0.39 is 22.0 Å². The summed E-state index contributed by atoms with van der Waals surface area (Å²) in [6.45, 7) is 0.927. The molecular formula is C27H28O5S.